The Morgan fingerprint density at radius 1 is 1.33 bits per heavy atom. The maximum Gasteiger partial charge on any atom is 0.0579 e. The maximum atomic E-state index is 9.31. The Bertz CT molecular complexity index is 357. The Morgan fingerprint density at radius 2 is 2.06 bits per heavy atom. The molecular formula is C14H21NO2S. The first kappa shape index (κ1) is 13.9. The van der Waals surface area contributed by atoms with Crippen molar-refractivity contribution < 1.29 is 9.84 Å². The fraction of sp³-hybridized carbons (Fsp3) is 0.571. The van der Waals surface area contributed by atoms with Crippen molar-refractivity contribution in [2.24, 2.45) is 5.41 Å². The van der Waals surface area contributed by atoms with Crippen LogP contribution in [-0.4, -0.2) is 37.2 Å². The molecule has 18 heavy (non-hydrogen) atoms. The number of thioether (sulfide) groups is 1. The van der Waals surface area contributed by atoms with E-state index in [0.717, 1.165) is 18.8 Å². The minimum Gasteiger partial charge on any atom is -0.396 e. The minimum absolute atomic E-state index is 0.0436. The van der Waals surface area contributed by atoms with Crippen LogP contribution in [-0.2, 0) is 11.3 Å². The number of nitrogens with one attached hydrogen (secondary N) is 1. The number of aliphatic hydroxyl groups excluding tert-OH is 1. The Hall–Kier alpha value is -0.550. The van der Waals surface area contributed by atoms with Crippen LogP contribution in [0.15, 0.2) is 29.2 Å². The van der Waals surface area contributed by atoms with Crippen molar-refractivity contribution in [1.82, 2.24) is 5.32 Å². The summed E-state index contributed by atoms with van der Waals surface area (Å²) in [6.45, 7) is 5.36. The number of rotatable bonds is 7. The van der Waals surface area contributed by atoms with Crippen molar-refractivity contribution in [3.63, 3.8) is 0 Å². The molecule has 1 saturated heterocycles. The van der Waals surface area contributed by atoms with E-state index in [1.165, 1.54) is 10.5 Å². The van der Waals surface area contributed by atoms with Crippen molar-refractivity contribution in [2.75, 3.05) is 32.1 Å². The molecule has 1 aromatic rings. The van der Waals surface area contributed by atoms with Crippen LogP contribution in [0.4, 0.5) is 0 Å². The van der Waals surface area contributed by atoms with E-state index in [1.807, 2.05) is 11.8 Å². The van der Waals surface area contributed by atoms with Crippen molar-refractivity contribution in [1.29, 1.82) is 0 Å². The van der Waals surface area contributed by atoms with Gasteiger partial charge in [0.05, 0.1) is 25.2 Å². The average Bonchev–Trinajstić information content (AvgIpc) is 2.35. The molecule has 2 N–H and O–H groups in total. The maximum absolute atomic E-state index is 9.31. The predicted molar refractivity (Wildman–Crippen MR) is 74.9 cm³/mol. The molecule has 1 aliphatic heterocycles. The van der Waals surface area contributed by atoms with Gasteiger partial charge in [0.15, 0.2) is 0 Å². The fourth-order valence-corrected chi connectivity index (χ4v) is 2.64. The summed E-state index contributed by atoms with van der Waals surface area (Å²) in [5.74, 6) is 1.11. The zero-order chi connectivity index (χ0) is 12.8. The Balaban J connectivity index is 1.76. The summed E-state index contributed by atoms with van der Waals surface area (Å²) in [6, 6.07) is 8.65. The molecule has 0 spiro atoms. The first-order valence-corrected chi connectivity index (χ1v) is 7.38. The third-order valence-electron chi connectivity index (χ3n) is 3.22. The number of benzene rings is 1. The quantitative estimate of drug-likeness (QED) is 0.740. The van der Waals surface area contributed by atoms with Crippen LogP contribution in [0.3, 0.4) is 0 Å². The van der Waals surface area contributed by atoms with E-state index in [0.29, 0.717) is 13.2 Å². The van der Waals surface area contributed by atoms with Crippen molar-refractivity contribution in [2.45, 2.75) is 18.4 Å². The Kier molecular flexibility index (Phi) is 5.06. The van der Waals surface area contributed by atoms with E-state index in [9.17, 15) is 5.11 Å². The molecule has 0 aliphatic carbocycles. The third kappa shape index (κ3) is 3.48. The molecule has 0 aromatic heterocycles. The van der Waals surface area contributed by atoms with Gasteiger partial charge in [0.1, 0.15) is 0 Å². The molecule has 1 heterocycles. The summed E-state index contributed by atoms with van der Waals surface area (Å²) in [5, 5.41) is 12.7. The van der Waals surface area contributed by atoms with E-state index < -0.39 is 0 Å². The lowest BCUT2D eigenvalue weighted by Crippen LogP contribution is -2.52. The zero-order valence-electron chi connectivity index (χ0n) is 10.8. The number of hydrogen-bond acceptors (Lipinski definition) is 4. The molecule has 0 amide bonds. The summed E-state index contributed by atoms with van der Waals surface area (Å²) in [6.07, 6.45) is 0. The second-order valence-electron chi connectivity index (χ2n) is 4.83. The first-order chi connectivity index (χ1) is 8.78. The summed E-state index contributed by atoms with van der Waals surface area (Å²) in [5.41, 5.74) is 1.24. The molecule has 0 radical (unpaired) electrons. The molecule has 100 valence electrons. The molecule has 1 aliphatic rings. The predicted octanol–water partition coefficient (Wildman–Crippen LogP) is 1.90. The van der Waals surface area contributed by atoms with E-state index in [2.05, 4.69) is 36.5 Å². The Labute approximate surface area is 113 Å². The smallest absolute Gasteiger partial charge is 0.0579 e. The van der Waals surface area contributed by atoms with Gasteiger partial charge >= 0.3 is 0 Å². The molecule has 2 rings (SSSR count). The van der Waals surface area contributed by atoms with Gasteiger partial charge < -0.3 is 15.2 Å². The van der Waals surface area contributed by atoms with Gasteiger partial charge in [0, 0.05) is 18.0 Å². The van der Waals surface area contributed by atoms with Gasteiger partial charge in [-0.3, -0.25) is 0 Å². The lowest BCUT2D eigenvalue weighted by atomic mass is 9.87. The normalized spacial score (nSPS) is 17.4. The van der Waals surface area contributed by atoms with Crippen LogP contribution in [0.25, 0.3) is 0 Å². The SMILES string of the molecule is CCSc1ccc(CNCC2(CO)COC2)cc1. The van der Waals surface area contributed by atoms with Crippen LogP contribution in [0.1, 0.15) is 12.5 Å². The lowest BCUT2D eigenvalue weighted by Gasteiger charge is -2.40. The molecule has 1 fully saturated rings. The topological polar surface area (TPSA) is 41.5 Å². The zero-order valence-corrected chi connectivity index (χ0v) is 11.6. The van der Waals surface area contributed by atoms with Crippen LogP contribution >= 0.6 is 11.8 Å². The van der Waals surface area contributed by atoms with Crippen LogP contribution in [0.2, 0.25) is 0 Å². The summed E-state index contributed by atoms with van der Waals surface area (Å²) in [4.78, 5) is 1.32. The van der Waals surface area contributed by atoms with Gasteiger partial charge in [-0.1, -0.05) is 19.1 Å². The van der Waals surface area contributed by atoms with Gasteiger partial charge in [0.25, 0.3) is 0 Å². The van der Waals surface area contributed by atoms with Gasteiger partial charge in [-0.2, -0.15) is 0 Å². The van der Waals surface area contributed by atoms with Crippen LogP contribution in [0.5, 0.6) is 0 Å². The van der Waals surface area contributed by atoms with Crippen molar-refractivity contribution >= 4 is 11.8 Å². The highest BCUT2D eigenvalue weighted by atomic mass is 32.2. The average molecular weight is 267 g/mol. The summed E-state index contributed by atoms with van der Waals surface area (Å²) < 4.78 is 5.17. The standard InChI is InChI=1S/C14H21NO2S/c1-2-18-13-5-3-12(4-6-13)7-15-8-14(9-16)10-17-11-14/h3-6,15-16H,2,7-11H2,1H3. The van der Waals surface area contributed by atoms with Crippen molar-refractivity contribution in [3.05, 3.63) is 29.8 Å². The van der Waals surface area contributed by atoms with E-state index in [-0.39, 0.29) is 12.0 Å². The van der Waals surface area contributed by atoms with Gasteiger partial charge in [0.2, 0.25) is 0 Å². The molecule has 0 bridgehead atoms. The largest absolute Gasteiger partial charge is 0.396 e. The minimum atomic E-state index is -0.0436. The Morgan fingerprint density at radius 3 is 2.56 bits per heavy atom. The van der Waals surface area contributed by atoms with Crippen LogP contribution in [0, 0.1) is 5.41 Å². The van der Waals surface area contributed by atoms with Crippen LogP contribution < -0.4 is 5.32 Å². The number of aliphatic hydroxyl groups is 1. The summed E-state index contributed by atoms with van der Waals surface area (Å²) in [7, 11) is 0. The molecule has 0 unspecified atom stereocenters. The monoisotopic (exact) mass is 267 g/mol. The van der Waals surface area contributed by atoms with Gasteiger partial charge in [-0.15, -0.1) is 11.8 Å². The highest BCUT2D eigenvalue weighted by Gasteiger charge is 2.37. The molecule has 1 aromatic carbocycles. The number of ether oxygens (including phenoxy) is 1. The highest BCUT2D eigenvalue weighted by molar-refractivity contribution is 7.99. The second kappa shape index (κ2) is 6.57. The fourth-order valence-electron chi connectivity index (χ4n) is 1.98. The van der Waals surface area contributed by atoms with E-state index in [4.69, 9.17) is 4.74 Å². The van der Waals surface area contributed by atoms with Gasteiger partial charge in [-0.05, 0) is 23.4 Å². The number of hydrogen-bond donors (Lipinski definition) is 2. The highest BCUT2D eigenvalue weighted by Crippen LogP contribution is 2.25. The first-order valence-electron chi connectivity index (χ1n) is 6.39. The molecular weight excluding hydrogens is 246 g/mol. The molecule has 0 atom stereocenters. The molecule has 3 nitrogen and oxygen atoms in total. The van der Waals surface area contributed by atoms with Crippen molar-refractivity contribution in [3.8, 4) is 0 Å². The second-order valence-corrected chi connectivity index (χ2v) is 6.17. The molecule has 0 saturated carbocycles. The van der Waals surface area contributed by atoms with E-state index >= 15 is 0 Å². The molecule has 4 heteroatoms. The lowest BCUT2D eigenvalue weighted by molar-refractivity contribution is -0.134. The summed E-state index contributed by atoms with van der Waals surface area (Å²) >= 11 is 1.86. The third-order valence-corrected chi connectivity index (χ3v) is 4.11. The van der Waals surface area contributed by atoms with E-state index in [1.54, 1.807) is 0 Å². The van der Waals surface area contributed by atoms with Gasteiger partial charge in [-0.25, -0.2) is 0 Å².